The van der Waals surface area contributed by atoms with Gasteiger partial charge in [0.25, 0.3) is 0 Å². The lowest BCUT2D eigenvalue weighted by molar-refractivity contribution is -0.141. The van der Waals surface area contributed by atoms with E-state index in [1.165, 1.54) is 24.6 Å². The van der Waals surface area contributed by atoms with Gasteiger partial charge in [-0.05, 0) is 43.2 Å². The number of carbonyl (C=O) groups excluding carboxylic acids is 1. The van der Waals surface area contributed by atoms with Crippen LogP contribution in [0, 0.1) is 0 Å². The molecule has 0 amide bonds. The van der Waals surface area contributed by atoms with Crippen molar-refractivity contribution in [3.8, 4) is 0 Å². The summed E-state index contributed by atoms with van der Waals surface area (Å²) in [5.41, 5.74) is 2.14. The van der Waals surface area contributed by atoms with Crippen LogP contribution in [0.15, 0.2) is 29.4 Å². The van der Waals surface area contributed by atoms with Gasteiger partial charge in [-0.25, -0.2) is 4.68 Å². The smallest absolute Gasteiger partial charge is 0.316 e. The Bertz CT molecular complexity index is 741. The Kier molecular flexibility index (Phi) is 7.09. The maximum atomic E-state index is 12.2. The molecule has 0 saturated heterocycles. The van der Waals surface area contributed by atoms with Crippen LogP contribution < -0.4 is 4.90 Å². The second-order valence-corrected chi connectivity index (χ2v) is 7.54. The Hall–Kier alpha value is -2.09. The standard InChI is InChI=1S/C19H27N5O2S/c1-3-23(4-2)17-12-8-5-9-15(17)13-26-18(25)14-27-19-20-21-22-24(19)16-10-6-7-11-16/h5,8-9,12,16H,3-4,6-7,10-11,13-14H2,1-2H3. The van der Waals surface area contributed by atoms with Crippen molar-refractivity contribution in [3.05, 3.63) is 29.8 Å². The van der Waals surface area contributed by atoms with Gasteiger partial charge in [0.05, 0.1) is 11.8 Å². The SMILES string of the molecule is CCN(CC)c1ccccc1COC(=O)CSc1nnnn1C1CCCC1. The second-order valence-electron chi connectivity index (χ2n) is 6.59. The van der Waals surface area contributed by atoms with Crippen LogP contribution >= 0.6 is 11.8 Å². The van der Waals surface area contributed by atoms with E-state index in [1.54, 1.807) is 0 Å². The molecule has 2 aromatic rings. The molecule has 1 saturated carbocycles. The molecule has 1 heterocycles. The molecular formula is C19H27N5O2S. The predicted octanol–water partition coefficient (Wildman–Crippen LogP) is 3.47. The number of anilines is 1. The molecule has 0 unspecified atom stereocenters. The van der Waals surface area contributed by atoms with Crippen molar-refractivity contribution in [2.24, 2.45) is 0 Å². The number of nitrogens with zero attached hydrogens (tertiary/aromatic N) is 5. The molecule has 27 heavy (non-hydrogen) atoms. The lowest BCUT2D eigenvalue weighted by Crippen LogP contribution is -2.23. The van der Waals surface area contributed by atoms with Gasteiger partial charge in [0.15, 0.2) is 0 Å². The van der Waals surface area contributed by atoms with Crippen LogP contribution in [0.25, 0.3) is 0 Å². The van der Waals surface area contributed by atoms with Gasteiger partial charge in [-0.2, -0.15) is 0 Å². The highest BCUT2D eigenvalue weighted by Gasteiger charge is 2.22. The molecule has 1 aliphatic rings. The minimum absolute atomic E-state index is 0.209. The molecule has 1 aromatic heterocycles. The zero-order valence-electron chi connectivity index (χ0n) is 16.0. The fraction of sp³-hybridized carbons (Fsp3) is 0.579. The summed E-state index contributed by atoms with van der Waals surface area (Å²) in [7, 11) is 0. The Balaban J connectivity index is 1.53. The Morgan fingerprint density at radius 3 is 2.74 bits per heavy atom. The van der Waals surface area contributed by atoms with E-state index >= 15 is 0 Å². The van der Waals surface area contributed by atoms with Crippen molar-refractivity contribution in [1.82, 2.24) is 20.2 Å². The lowest BCUT2D eigenvalue weighted by atomic mass is 10.1. The summed E-state index contributed by atoms with van der Waals surface area (Å²) >= 11 is 1.35. The number of rotatable bonds is 9. The van der Waals surface area contributed by atoms with Crippen molar-refractivity contribution < 1.29 is 9.53 Å². The summed E-state index contributed by atoms with van der Waals surface area (Å²) in [5.74, 6) is -0.0455. The van der Waals surface area contributed by atoms with Crippen molar-refractivity contribution in [2.75, 3.05) is 23.7 Å². The number of carbonyl (C=O) groups is 1. The minimum Gasteiger partial charge on any atom is -0.460 e. The molecule has 1 aliphatic carbocycles. The molecule has 0 radical (unpaired) electrons. The fourth-order valence-electron chi connectivity index (χ4n) is 3.49. The summed E-state index contributed by atoms with van der Waals surface area (Å²) in [6.07, 6.45) is 4.63. The van der Waals surface area contributed by atoms with Crippen LogP contribution in [0.4, 0.5) is 5.69 Å². The average Bonchev–Trinajstić information content (AvgIpc) is 3.37. The summed E-state index contributed by atoms with van der Waals surface area (Å²) in [5, 5.41) is 12.6. The molecule has 146 valence electrons. The minimum atomic E-state index is -0.254. The highest BCUT2D eigenvalue weighted by molar-refractivity contribution is 7.99. The molecule has 7 nitrogen and oxygen atoms in total. The lowest BCUT2D eigenvalue weighted by Gasteiger charge is -2.24. The number of aromatic nitrogens is 4. The third-order valence-electron chi connectivity index (χ3n) is 4.94. The van der Waals surface area contributed by atoms with Crippen molar-refractivity contribution in [2.45, 2.75) is 57.3 Å². The van der Waals surface area contributed by atoms with Gasteiger partial charge in [0.1, 0.15) is 6.61 Å². The molecular weight excluding hydrogens is 362 g/mol. The van der Waals surface area contributed by atoms with Gasteiger partial charge < -0.3 is 9.64 Å². The Labute approximate surface area is 164 Å². The highest BCUT2D eigenvalue weighted by Crippen LogP contribution is 2.31. The first kappa shape index (κ1) is 19.7. The van der Waals surface area contributed by atoms with E-state index in [0.717, 1.165) is 37.2 Å². The predicted molar refractivity (Wildman–Crippen MR) is 106 cm³/mol. The number of ether oxygens (including phenoxy) is 1. The number of hydrogen-bond acceptors (Lipinski definition) is 7. The third-order valence-corrected chi connectivity index (χ3v) is 5.84. The maximum absolute atomic E-state index is 12.2. The molecule has 1 fully saturated rings. The van der Waals surface area contributed by atoms with Crippen molar-refractivity contribution >= 4 is 23.4 Å². The summed E-state index contributed by atoms with van der Waals surface area (Å²) in [6.45, 7) is 6.36. The van der Waals surface area contributed by atoms with Crippen LogP contribution in [0.3, 0.4) is 0 Å². The van der Waals surface area contributed by atoms with Gasteiger partial charge in [0.2, 0.25) is 5.16 Å². The first-order valence-corrected chi connectivity index (χ1v) is 10.6. The van der Waals surface area contributed by atoms with Crippen LogP contribution in [0.2, 0.25) is 0 Å². The van der Waals surface area contributed by atoms with Crippen LogP contribution in [-0.2, 0) is 16.1 Å². The van der Waals surface area contributed by atoms with E-state index in [2.05, 4.69) is 40.3 Å². The van der Waals surface area contributed by atoms with E-state index in [-0.39, 0.29) is 18.3 Å². The molecule has 0 aliphatic heterocycles. The van der Waals surface area contributed by atoms with E-state index in [1.807, 2.05) is 22.9 Å². The summed E-state index contributed by atoms with van der Waals surface area (Å²) < 4.78 is 7.37. The maximum Gasteiger partial charge on any atom is 0.316 e. The molecule has 0 bridgehead atoms. The molecule has 0 N–H and O–H groups in total. The van der Waals surface area contributed by atoms with Gasteiger partial charge in [-0.15, -0.1) is 5.10 Å². The Morgan fingerprint density at radius 1 is 1.26 bits per heavy atom. The average molecular weight is 390 g/mol. The molecule has 8 heteroatoms. The number of benzene rings is 1. The number of para-hydroxylation sites is 1. The van der Waals surface area contributed by atoms with Crippen LogP contribution in [0.1, 0.15) is 51.1 Å². The van der Waals surface area contributed by atoms with E-state index in [0.29, 0.717) is 11.2 Å². The quantitative estimate of drug-likeness (QED) is 0.480. The number of esters is 1. The number of hydrogen-bond donors (Lipinski definition) is 0. The van der Waals surface area contributed by atoms with Gasteiger partial charge in [0, 0.05) is 24.3 Å². The van der Waals surface area contributed by atoms with Crippen LogP contribution in [0.5, 0.6) is 0 Å². The van der Waals surface area contributed by atoms with Crippen LogP contribution in [-0.4, -0.2) is 45.0 Å². The molecule has 0 atom stereocenters. The molecule has 0 spiro atoms. The first-order valence-electron chi connectivity index (χ1n) is 9.62. The van der Waals surface area contributed by atoms with Gasteiger partial charge in [-0.1, -0.05) is 42.8 Å². The second kappa shape index (κ2) is 9.73. The number of tetrazole rings is 1. The molecule has 3 rings (SSSR count). The van der Waals surface area contributed by atoms with Gasteiger partial charge >= 0.3 is 5.97 Å². The third kappa shape index (κ3) is 5.00. The zero-order chi connectivity index (χ0) is 19.1. The normalized spacial score (nSPS) is 14.4. The summed E-state index contributed by atoms with van der Waals surface area (Å²) in [6, 6.07) is 8.42. The summed E-state index contributed by atoms with van der Waals surface area (Å²) in [4.78, 5) is 14.5. The van der Waals surface area contributed by atoms with E-state index < -0.39 is 0 Å². The van der Waals surface area contributed by atoms with E-state index in [9.17, 15) is 4.79 Å². The monoisotopic (exact) mass is 389 g/mol. The van der Waals surface area contributed by atoms with Gasteiger partial charge in [-0.3, -0.25) is 4.79 Å². The largest absolute Gasteiger partial charge is 0.460 e. The fourth-order valence-corrected chi connectivity index (χ4v) is 4.23. The topological polar surface area (TPSA) is 73.1 Å². The van der Waals surface area contributed by atoms with Crippen molar-refractivity contribution in [1.29, 1.82) is 0 Å². The zero-order valence-corrected chi connectivity index (χ0v) is 16.8. The van der Waals surface area contributed by atoms with E-state index in [4.69, 9.17) is 4.74 Å². The highest BCUT2D eigenvalue weighted by atomic mass is 32.2. The molecule has 1 aromatic carbocycles. The first-order chi connectivity index (χ1) is 13.2. The number of thioether (sulfide) groups is 1. The van der Waals surface area contributed by atoms with Crippen molar-refractivity contribution in [3.63, 3.8) is 0 Å². The Morgan fingerprint density at radius 2 is 2.00 bits per heavy atom.